The first-order chi connectivity index (χ1) is 11.8. The van der Waals surface area contributed by atoms with Crippen molar-refractivity contribution in [2.75, 3.05) is 20.1 Å². The highest BCUT2D eigenvalue weighted by Crippen LogP contribution is 2.57. The molecule has 1 atom stereocenters. The van der Waals surface area contributed by atoms with Gasteiger partial charge in [0.2, 0.25) is 0 Å². The van der Waals surface area contributed by atoms with E-state index in [9.17, 15) is 0 Å². The highest BCUT2D eigenvalue weighted by atomic mass is 35.5. The summed E-state index contributed by atoms with van der Waals surface area (Å²) in [7, 11) is 2.21. The minimum atomic E-state index is -0.172. The Morgan fingerprint density at radius 2 is 2.00 bits per heavy atom. The van der Waals surface area contributed by atoms with Gasteiger partial charge in [-0.3, -0.25) is 0 Å². The minimum Gasteiger partial charge on any atom is -0.306 e. The molecule has 0 bridgehead atoms. The second-order valence-electron chi connectivity index (χ2n) is 8.49. The first-order valence-corrected chi connectivity index (χ1v) is 9.44. The summed E-state index contributed by atoms with van der Waals surface area (Å²) < 4.78 is 0. The number of rotatable bonds is 2. The number of benzene rings is 1. The fraction of sp³-hybridized carbons (Fsp3) is 0.632. The third-order valence-corrected chi connectivity index (χ3v) is 7.02. The molecule has 1 aliphatic carbocycles. The van der Waals surface area contributed by atoms with E-state index in [4.69, 9.17) is 11.6 Å². The van der Waals surface area contributed by atoms with Crippen LogP contribution in [0.3, 0.4) is 0 Å². The molecular weight excluding hydrogens is 334 g/mol. The first-order valence-electron chi connectivity index (χ1n) is 9.06. The molecule has 1 fully saturated rings. The summed E-state index contributed by atoms with van der Waals surface area (Å²) in [5.41, 5.74) is 4.10. The van der Waals surface area contributed by atoms with Crippen LogP contribution >= 0.6 is 11.6 Å². The molecule has 25 heavy (non-hydrogen) atoms. The predicted octanol–water partition coefficient (Wildman–Crippen LogP) is 3.59. The highest BCUT2D eigenvalue weighted by molar-refractivity contribution is 6.31. The van der Waals surface area contributed by atoms with Gasteiger partial charge in [0.05, 0.1) is 0 Å². The van der Waals surface area contributed by atoms with E-state index in [1.807, 2.05) is 0 Å². The molecule has 0 radical (unpaired) electrons. The Morgan fingerprint density at radius 3 is 2.64 bits per heavy atom. The lowest BCUT2D eigenvalue weighted by Gasteiger charge is -2.40. The third kappa shape index (κ3) is 2.59. The van der Waals surface area contributed by atoms with Gasteiger partial charge < -0.3 is 4.90 Å². The number of piperidine rings is 1. The summed E-state index contributed by atoms with van der Waals surface area (Å²) in [4.78, 5) is 2.43. The van der Waals surface area contributed by atoms with Gasteiger partial charge in [-0.25, -0.2) is 0 Å². The summed E-state index contributed by atoms with van der Waals surface area (Å²) >= 11 is 6.53. The molecule has 6 heteroatoms. The van der Waals surface area contributed by atoms with Crippen molar-refractivity contribution in [2.45, 2.75) is 56.8 Å². The van der Waals surface area contributed by atoms with Crippen molar-refractivity contribution in [1.29, 1.82) is 0 Å². The molecule has 2 heterocycles. The number of fused-ring (bicyclic) bond motifs is 2. The smallest absolute Gasteiger partial charge is 0.180 e. The second kappa shape index (κ2) is 5.78. The van der Waals surface area contributed by atoms with Crippen LogP contribution in [0.15, 0.2) is 12.1 Å². The van der Waals surface area contributed by atoms with Gasteiger partial charge in [0, 0.05) is 10.4 Å². The van der Waals surface area contributed by atoms with E-state index in [0.717, 1.165) is 35.9 Å². The molecule has 2 aliphatic rings. The Labute approximate surface area is 154 Å². The molecule has 134 valence electrons. The van der Waals surface area contributed by atoms with Crippen LogP contribution in [0.25, 0.3) is 0 Å². The van der Waals surface area contributed by atoms with Crippen molar-refractivity contribution in [3.63, 3.8) is 0 Å². The zero-order chi connectivity index (χ0) is 17.8. The van der Waals surface area contributed by atoms with Gasteiger partial charge in [0.25, 0.3) is 0 Å². The number of nitrogens with one attached hydrogen (secondary N) is 1. The van der Waals surface area contributed by atoms with Crippen LogP contribution in [0.4, 0.5) is 0 Å². The SMILES string of the molecule is Cc1cc2c(cc1Cl)C1(CCN(C)CC1)CC2C(C)(C)c1nn[nH]n1. The number of tetrazole rings is 1. The van der Waals surface area contributed by atoms with Crippen LogP contribution in [0, 0.1) is 6.92 Å². The van der Waals surface area contributed by atoms with Gasteiger partial charge in [0.15, 0.2) is 5.82 Å². The quantitative estimate of drug-likeness (QED) is 0.890. The molecule has 1 spiro atoms. The van der Waals surface area contributed by atoms with Gasteiger partial charge in [-0.1, -0.05) is 36.7 Å². The summed E-state index contributed by atoms with van der Waals surface area (Å²) in [6.45, 7) is 8.86. The Morgan fingerprint density at radius 1 is 1.28 bits per heavy atom. The predicted molar refractivity (Wildman–Crippen MR) is 99.2 cm³/mol. The van der Waals surface area contributed by atoms with Crippen LogP contribution < -0.4 is 0 Å². The molecule has 1 aromatic heterocycles. The van der Waals surface area contributed by atoms with Crippen molar-refractivity contribution < 1.29 is 0 Å². The Balaban J connectivity index is 1.83. The summed E-state index contributed by atoms with van der Waals surface area (Å²) in [6, 6.07) is 4.54. The minimum absolute atomic E-state index is 0.172. The topological polar surface area (TPSA) is 57.7 Å². The van der Waals surface area contributed by atoms with Crippen LogP contribution in [-0.4, -0.2) is 45.7 Å². The van der Waals surface area contributed by atoms with Crippen molar-refractivity contribution in [2.24, 2.45) is 0 Å². The van der Waals surface area contributed by atoms with E-state index < -0.39 is 0 Å². The molecule has 1 unspecified atom stereocenters. The van der Waals surface area contributed by atoms with Gasteiger partial charge in [-0.05, 0) is 80.4 Å². The Bertz CT molecular complexity index is 775. The van der Waals surface area contributed by atoms with E-state index in [-0.39, 0.29) is 10.8 Å². The Kier molecular flexibility index (Phi) is 3.92. The monoisotopic (exact) mass is 359 g/mol. The van der Waals surface area contributed by atoms with Crippen molar-refractivity contribution in [3.05, 3.63) is 39.7 Å². The number of hydrogen-bond acceptors (Lipinski definition) is 4. The largest absolute Gasteiger partial charge is 0.306 e. The third-order valence-electron chi connectivity index (χ3n) is 6.61. The van der Waals surface area contributed by atoms with Crippen LogP contribution in [-0.2, 0) is 10.8 Å². The lowest BCUT2D eigenvalue weighted by molar-refractivity contribution is 0.173. The average Bonchev–Trinajstić information content (AvgIpc) is 3.20. The fourth-order valence-corrected chi connectivity index (χ4v) is 4.98. The summed E-state index contributed by atoms with van der Waals surface area (Å²) in [6.07, 6.45) is 3.51. The maximum atomic E-state index is 6.53. The maximum Gasteiger partial charge on any atom is 0.180 e. The van der Waals surface area contributed by atoms with Gasteiger partial charge in [-0.15, -0.1) is 10.2 Å². The maximum absolute atomic E-state index is 6.53. The van der Waals surface area contributed by atoms with Crippen LogP contribution in [0.2, 0.25) is 5.02 Å². The van der Waals surface area contributed by atoms with E-state index in [2.05, 4.69) is 65.5 Å². The van der Waals surface area contributed by atoms with Crippen LogP contribution in [0.1, 0.15) is 61.5 Å². The number of halogens is 1. The number of aryl methyl sites for hydroxylation is 1. The normalized spacial score (nSPS) is 23.2. The molecule has 2 aromatic rings. The molecule has 1 aliphatic heterocycles. The summed E-state index contributed by atoms with van der Waals surface area (Å²) in [5, 5.41) is 15.9. The molecule has 4 rings (SSSR count). The molecule has 0 saturated carbocycles. The number of aromatic amines is 1. The molecule has 1 aromatic carbocycles. The molecular formula is C19H26ClN5. The number of H-pyrrole nitrogens is 1. The zero-order valence-corrected chi connectivity index (χ0v) is 16.2. The summed E-state index contributed by atoms with van der Waals surface area (Å²) in [5.74, 6) is 1.17. The van der Waals surface area contributed by atoms with Crippen molar-refractivity contribution in [1.82, 2.24) is 25.5 Å². The standard InChI is InChI=1S/C19H26ClN5/c1-12-9-13-14(10-16(12)20)19(5-7-25(4)8-6-19)11-15(13)18(2,3)17-21-23-24-22-17/h9-10,15H,5-8,11H2,1-4H3,(H,21,22,23,24). The lowest BCUT2D eigenvalue weighted by Crippen LogP contribution is -2.40. The van der Waals surface area contributed by atoms with Crippen molar-refractivity contribution >= 4 is 11.6 Å². The number of aromatic nitrogens is 4. The highest BCUT2D eigenvalue weighted by Gasteiger charge is 2.51. The van der Waals surface area contributed by atoms with Crippen LogP contribution in [0.5, 0.6) is 0 Å². The van der Waals surface area contributed by atoms with Gasteiger partial charge >= 0.3 is 0 Å². The molecule has 0 amide bonds. The number of likely N-dealkylation sites (tertiary alicyclic amines) is 1. The Hall–Kier alpha value is -1.46. The molecule has 1 saturated heterocycles. The van der Waals surface area contributed by atoms with Gasteiger partial charge in [0.1, 0.15) is 0 Å². The zero-order valence-electron chi connectivity index (χ0n) is 15.4. The molecule has 5 nitrogen and oxygen atoms in total. The number of hydrogen-bond donors (Lipinski definition) is 1. The van der Waals surface area contributed by atoms with E-state index in [1.165, 1.54) is 24.0 Å². The van der Waals surface area contributed by atoms with E-state index >= 15 is 0 Å². The number of nitrogens with zero attached hydrogens (tertiary/aromatic N) is 4. The van der Waals surface area contributed by atoms with Gasteiger partial charge in [-0.2, -0.15) is 5.21 Å². The van der Waals surface area contributed by atoms with Crippen molar-refractivity contribution in [3.8, 4) is 0 Å². The lowest BCUT2D eigenvalue weighted by atomic mass is 9.70. The second-order valence-corrected chi connectivity index (χ2v) is 8.89. The van der Waals surface area contributed by atoms with E-state index in [1.54, 1.807) is 0 Å². The van der Waals surface area contributed by atoms with E-state index in [0.29, 0.717) is 5.92 Å². The molecule has 1 N–H and O–H groups in total. The fourth-order valence-electron chi connectivity index (χ4n) is 4.82. The first kappa shape index (κ1) is 17.0. The average molecular weight is 360 g/mol.